The van der Waals surface area contributed by atoms with Crippen LogP contribution in [0.25, 0.3) is 0 Å². The largest absolute Gasteiger partial charge is 0.497 e. The zero-order chi connectivity index (χ0) is 45.2. The minimum absolute atomic E-state index is 0.0226. The average molecular weight is 872 g/mol. The van der Waals surface area contributed by atoms with Crippen LogP contribution in [0.4, 0.5) is 10.5 Å². The number of benzene rings is 6. The minimum atomic E-state index is -2.09. The summed E-state index contributed by atoms with van der Waals surface area (Å²) in [6, 6.07) is 43.4. The van der Waals surface area contributed by atoms with E-state index >= 15 is 4.79 Å². The summed E-state index contributed by atoms with van der Waals surface area (Å²) >= 11 is 0. The highest BCUT2D eigenvalue weighted by molar-refractivity contribution is 6.24. The van der Waals surface area contributed by atoms with Gasteiger partial charge >= 0.3 is 18.0 Å². The van der Waals surface area contributed by atoms with Gasteiger partial charge in [0.1, 0.15) is 41.6 Å². The van der Waals surface area contributed by atoms with E-state index in [2.05, 4.69) is 5.32 Å². The van der Waals surface area contributed by atoms with Gasteiger partial charge in [-0.15, -0.1) is 0 Å². The normalized spacial score (nSPS) is 22.8. The molecule has 7 atom stereocenters. The molecule has 3 heterocycles. The van der Waals surface area contributed by atoms with Crippen LogP contribution in [0.15, 0.2) is 158 Å². The summed E-state index contributed by atoms with van der Waals surface area (Å²) in [5, 5.41) is 24.5. The number of ether oxygens (including phenoxy) is 3. The number of methoxy groups -OCH3 is 1. The second kappa shape index (κ2) is 18.1. The first-order chi connectivity index (χ1) is 31.6. The zero-order valence-corrected chi connectivity index (χ0v) is 36.0. The van der Waals surface area contributed by atoms with Crippen molar-refractivity contribution in [1.82, 2.24) is 10.2 Å². The molecule has 3 aliphatic rings. The number of nitrogens with one attached hydrogen (secondary N) is 1. The lowest BCUT2D eigenvalue weighted by molar-refractivity contribution is -0.179. The van der Waals surface area contributed by atoms with Gasteiger partial charge in [-0.25, -0.2) is 9.69 Å². The van der Waals surface area contributed by atoms with E-state index in [4.69, 9.17) is 14.2 Å². The molecule has 12 nitrogen and oxygen atoms in total. The van der Waals surface area contributed by atoms with Gasteiger partial charge < -0.3 is 29.7 Å². The predicted molar refractivity (Wildman–Crippen MR) is 242 cm³/mol. The van der Waals surface area contributed by atoms with Crippen LogP contribution in [0.5, 0.6) is 11.5 Å². The van der Waals surface area contributed by atoms with Gasteiger partial charge in [0, 0.05) is 0 Å². The van der Waals surface area contributed by atoms with Crippen molar-refractivity contribution < 1.29 is 43.6 Å². The Balaban J connectivity index is 1.29. The van der Waals surface area contributed by atoms with E-state index in [-0.39, 0.29) is 18.9 Å². The summed E-state index contributed by atoms with van der Waals surface area (Å²) in [6.45, 7) is 1.53. The Morgan fingerprint density at radius 3 is 2.03 bits per heavy atom. The molecule has 12 heteroatoms. The molecule has 3 amide bonds. The van der Waals surface area contributed by atoms with Crippen molar-refractivity contribution in [2.24, 2.45) is 5.92 Å². The average Bonchev–Trinajstić information content (AvgIpc) is 3.80. The lowest BCUT2D eigenvalue weighted by Crippen LogP contribution is -2.54. The molecule has 65 heavy (non-hydrogen) atoms. The summed E-state index contributed by atoms with van der Waals surface area (Å²) in [5.74, 6) is -3.66. The molecule has 9 rings (SSSR count). The van der Waals surface area contributed by atoms with Crippen LogP contribution in [0, 0.1) is 5.92 Å². The summed E-state index contributed by atoms with van der Waals surface area (Å²) in [6.07, 6.45) is 0.182. The van der Waals surface area contributed by atoms with Crippen molar-refractivity contribution in [2.75, 3.05) is 25.2 Å². The maximum absolute atomic E-state index is 16.2. The number of morpholine rings is 1. The summed E-state index contributed by atoms with van der Waals surface area (Å²) in [5.41, 5.74) is 2.93. The maximum Gasteiger partial charge on any atom is 0.329 e. The third kappa shape index (κ3) is 7.68. The number of amides is 3. The Labute approximate surface area is 377 Å². The van der Waals surface area contributed by atoms with E-state index in [9.17, 15) is 24.6 Å². The van der Waals surface area contributed by atoms with Crippen molar-refractivity contribution in [2.45, 2.75) is 55.5 Å². The summed E-state index contributed by atoms with van der Waals surface area (Å²) in [7, 11) is 1.61. The van der Waals surface area contributed by atoms with E-state index < -0.39 is 65.5 Å². The molecular weight excluding hydrogens is 823 g/mol. The standard InChI is InChI=1S/C53H49N3O9/c1-33(36-13-6-3-7-14-36)54-52(62)55-43-28-25-35(22-21-34-23-26-40(63-2)27-24-34)31-42(43)53(51(55)61)44(49(58)59)46-50(60)65-47(38-17-10-5-11-18-38)45(37-15-8-4-9-16-37)56(46)48(53)39-19-12-20-41(32-39)64-30-29-57/h3-20,23-28,31-33,44-48,57H,21-22,29-30H2,1-2H3,(H,54,62)(H,58,59)/t33-,44+,45+,46?,47-,48-,53+/m0/s1. The number of imide groups is 1. The number of carbonyl (C=O) groups excluding carboxylic acids is 3. The van der Waals surface area contributed by atoms with Crippen molar-refractivity contribution in [3.63, 3.8) is 0 Å². The molecule has 3 N–H and O–H groups in total. The molecule has 0 aliphatic carbocycles. The molecule has 0 saturated carbocycles. The van der Waals surface area contributed by atoms with E-state index in [0.29, 0.717) is 35.3 Å². The number of hydrogen-bond donors (Lipinski definition) is 3. The number of carbonyl (C=O) groups is 4. The molecular formula is C53H49N3O9. The Morgan fingerprint density at radius 1 is 0.738 bits per heavy atom. The number of anilines is 1. The number of urea groups is 1. The number of aliphatic hydroxyl groups excluding tert-OH is 1. The van der Waals surface area contributed by atoms with Gasteiger partial charge in [0.2, 0.25) is 5.91 Å². The smallest absolute Gasteiger partial charge is 0.329 e. The van der Waals surface area contributed by atoms with E-state index in [1.165, 1.54) is 0 Å². The van der Waals surface area contributed by atoms with Gasteiger partial charge in [-0.05, 0) is 89.0 Å². The SMILES string of the molecule is COc1ccc(CCc2ccc3c(c2)[C@]2(C(=O)N3C(=O)N[C@@H](C)c3ccccc3)[C@H](c3cccc(OCCO)c3)N3C(C(=O)O[C@@H](c4ccccc4)[C@H]3c3ccccc3)[C@@H]2C(=O)O)cc1. The number of aliphatic hydroxyl groups is 1. The third-order valence-corrected chi connectivity index (χ3v) is 13.0. The van der Waals surface area contributed by atoms with Crippen molar-refractivity contribution in [3.8, 4) is 11.5 Å². The Hall–Kier alpha value is -7.28. The number of hydrogen-bond acceptors (Lipinski definition) is 9. The lowest BCUT2D eigenvalue weighted by Gasteiger charge is -2.46. The minimum Gasteiger partial charge on any atom is -0.497 e. The zero-order valence-electron chi connectivity index (χ0n) is 36.0. The Bertz CT molecular complexity index is 2700. The van der Waals surface area contributed by atoms with Crippen molar-refractivity contribution >= 4 is 29.6 Å². The number of aryl methyl sites for hydroxylation is 2. The fourth-order valence-electron chi connectivity index (χ4n) is 10.2. The number of nitrogens with zero attached hydrogens (tertiary/aromatic N) is 2. The number of fused-ring (bicyclic) bond motifs is 3. The van der Waals surface area contributed by atoms with Crippen LogP contribution in [-0.4, -0.2) is 65.4 Å². The van der Waals surface area contributed by atoms with Crippen LogP contribution in [0.3, 0.4) is 0 Å². The topological polar surface area (TPSA) is 155 Å². The second-order valence-corrected chi connectivity index (χ2v) is 16.7. The molecule has 1 unspecified atom stereocenters. The monoisotopic (exact) mass is 871 g/mol. The van der Waals surface area contributed by atoms with Gasteiger partial charge in [-0.3, -0.25) is 19.3 Å². The van der Waals surface area contributed by atoms with Gasteiger partial charge in [0.15, 0.2) is 0 Å². The van der Waals surface area contributed by atoms with Crippen LogP contribution >= 0.6 is 0 Å². The van der Waals surface area contributed by atoms with Crippen LogP contribution in [-0.2, 0) is 37.4 Å². The fourth-order valence-corrected chi connectivity index (χ4v) is 10.2. The third-order valence-electron chi connectivity index (χ3n) is 13.0. The molecule has 6 aromatic rings. The number of aliphatic carboxylic acids is 1. The second-order valence-electron chi connectivity index (χ2n) is 16.7. The molecule has 330 valence electrons. The number of rotatable bonds is 13. The predicted octanol–water partition coefficient (Wildman–Crippen LogP) is 8.07. The fraction of sp³-hybridized carbons (Fsp3) is 0.245. The molecule has 1 spiro atoms. The van der Waals surface area contributed by atoms with E-state index in [1.807, 2.05) is 139 Å². The lowest BCUT2D eigenvalue weighted by atomic mass is 9.65. The first-order valence-corrected chi connectivity index (χ1v) is 21.8. The highest BCUT2D eigenvalue weighted by atomic mass is 16.6. The Kier molecular flexibility index (Phi) is 12.0. The quantitative estimate of drug-likeness (QED) is 0.0971. The number of carboxylic acid groups (broad SMARTS) is 1. The van der Waals surface area contributed by atoms with Crippen LogP contribution in [0.2, 0.25) is 0 Å². The summed E-state index contributed by atoms with van der Waals surface area (Å²) < 4.78 is 17.7. The maximum atomic E-state index is 16.2. The van der Waals surface area contributed by atoms with Crippen LogP contribution in [0.1, 0.15) is 70.1 Å². The molecule has 6 aromatic carbocycles. The van der Waals surface area contributed by atoms with Gasteiger partial charge in [0.25, 0.3) is 0 Å². The van der Waals surface area contributed by atoms with Gasteiger partial charge in [-0.1, -0.05) is 127 Å². The molecule has 2 fully saturated rings. The first kappa shape index (κ1) is 43.0. The summed E-state index contributed by atoms with van der Waals surface area (Å²) in [4.78, 5) is 63.4. The molecule has 0 radical (unpaired) electrons. The van der Waals surface area contributed by atoms with E-state index in [0.717, 1.165) is 32.9 Å². The highest BCUT2D eigenvalue weighted by Gasteiger charge is 2.76. The van der Waals surface area contributed by atoms with Crippen molar-refractivity contribution in [1.29, 1.82) is 0 Å². The molecule has 2 saturated heterocycles. The van der Waals surface area contributed by atoms with Gasteiger partial charge in [-0.2, -0.15) is 0 Å². The molecule has 0 bridgehead atoms. The first-order valence-electron chi connectivity index (χ1n) is 21.8. The van der Waals surface area contributed by atoms with Crippen LogP contribution < -0.4 is 19.7 Å². The number of cyclic esters (lactones) is 1. The Morgan fingerprint density at radius 2 is 1.37 bits per heavy atom. The number of carboxylic acids is 1. The number of esters is 1. The highest BCUT2D eigenvalue weighted by Crippen LogP contribution is 2.66. The van der Waals surface area contributed by atoms with Crippen molar-refractivity contribution in [3.05, 3.63) is 197 Å². The van der Waals surface area contributed by atoms with Gasteiger partial charge in [0.05, 0.1) is 37.5 Å². The molecule has 3 aliphatic heterocycles. The molecule has 0 aromatic heterocycles. The van der Waals surface area contributed by atoms with E-state index in [1.54, 1.807) is 37.4 Å².